The van der Waals surface area contributed by atoms with E-state index in [2.05, 4.69) is 74.3 Å². The number of guanidine groups is 1. The van der Waals surface area contributed by atoms with Gasteiger partial charge in [-0.25, -0.2) is 4.98 Å². The largest absolute Gasteiger partial charge is 0.372 e. The summed E-state index contributed by atoms with van der Waals surface area (Å²) in [6, 6.07) is 19.3. The highest BCUT2D eigenvalue weighted by atomic mass is 127. The molecule has 0 radical (unpaired) electrons. The van der Waals surface area contributed by atoms with E-state index in [1.807, 2.05) is 37.8 Å². The summed E-state index contributed by atoms with van der Waals surface area (Å²) in [6.07, 6.45) is 6.98. The molecule has 1 aliphatic rings. The molecule has 0 saturated carbocycles. The Balaban J connectivity index is 0.00000306. The topological polar surface area (TPSA) is 54.7 Å². The standard InChI is InChI=1S/C26H33N5O.HI/c1-21-12-14-30(17-25(21)31-15-13-28-20-31)26(27-2)29-16-22-8-10-24(11-9-22)19-32-18-23-6-4-3-5-7-23;/h3-11,13,15,20-21,25H,12,14,16-19H2,1-2H3,(H,27,29);1H. The van der Waals surface area contributed by atoms with Crippen molar-refractivity contribution < 1.29 is 4.74 Å². The van der Waals surface area contributed by atoms with Gasteiger partial charge in [0.2, 0.25) is 0 Å². The van der Waals surface area contributed by atoms with Crippen LogP contribution in [-0.2, 0) is 24.5 Å². The average Bonchev–Trinajstić information content (AvgIpc) is 3.37. The smallest absolute Gasteiger partial charge is 0.193 e. The van der Waals surface area contributed by atoms with Gasteiger partial charge < -0.3 is 19.5 Å². The number of likely N-dealkylation sites (tertiary alicyclic amines) is 1. The fraction of sp³-hybridized carbons (Fsp3) is 0.385. The molecule has 1 aromatic heterocycles. The number of aliphatic imine (C=N–C) groups is 1. The zero-order chi connectivity index (χ0) is 22.2. The SMILES string of the molecule is CN=C(NCc1ccc(COCc2ccccc2)cc1)N1CCC(C)C(n2ccnc2)C1.I. The minimum absolute atomic E-state index is 0. The van der Waals surface area contributed by atoms with Gasteiger partial charge in [-0.3, -0.25) is 4.99 Å². The molecule has 3 aromatic rings. The predicted octanol–water partition coefficient (Wildman–Crippen LogP) is 4.88. The summed E-state index contributed by atoms with van der Waals surface area (Å²) in [5, 5.41) is 3.54. The molecule has 2 atom stereocenters. The predicted molar refractivity (Wildman–Crippen MR) is 144 cm³/mol. The van der Waals surface area contributed by atoms with Crippen LogP contribution in [0.3, 0.4) is 0 Å². The van der Waals surface area contributed by atoms with E-state index < -0.39 is 0 Å². The molecular weight excluding hydrogens is 525 g/mol. The second kappa shape index (κ2) is 12.7. The highest BCUT2D eigenvalue weighted by Gasteiger charge is 2.28. The lowest BCUT2D eigenvalue weighted by Crippen LogP contribution is -2.48. The van der Waals surface area contributed by atoms with Gasteiger partial charge in [0.25, 0.3) is 0 Å². The molecule has 2 aromatic carbocycles. The van der Waals surface area contributed by atoms with Crippen LogP contribution in [0.2, 0.25) is 0 Å². The number of halogens is 1. The van der Waals surface area contributed by atoms with E-state index in [-0.39, 0.29) is 24.0 Å². The number of rotatable bonds is 7. The van der Waals surface area contributed by atoms with Crippen molar-refractivity contribution in [3.8, 4) is 0 Å². The number of piperidine rings is 1. The summed E-state index contributed by atoms with van der Waals surface area (Å²) in [5.74, 6) is 1.58. The van der Waals surface area contributed by atoms with Crippen molar-refractivity contribution in [2.75, 3.05) is 20.1 Å². The Bertz CT molecular complexity index is 976. The van der Waals surface area contributed by atoms with Crippen LogP contribution >= 0.6 is 24.0 Å². The molecular formula is C26H34IN5O. The first-order valence-electron chi connectivity index (χ1n) is 11.4. The Kier molecular flexibility index (Phi) is 9.75. The molecule has 1 fully saturated rings. The first kappa shape index (κ1) is 25.2. The molecule has 2 heterocycles. The molecule has 0 amide bonds. The number of hydrogen-bond donors (Lipinski definition) is 1. The summed E-state index contributed by atoms with van der Waals surface area (Å²) >= 11 is 0. The van der Waals surface area contributed by atoms with Crippen LogP contribution in [0, 0.1) is 5.92 Å². The lowest BCUT2D eigenvalue weighted by molar-refractivity contribution is 0.107. The Morgan fingerprint density at radius 1 is 1.06 bits per heavy atom. The zero-order valence-corrected chi connectivity index (χ0v) is 21.8. The van der Waals surface area contributed by atoms with Crippen molar-refractivity contribution in [3.63, 3.8) is 0 Å². The molecule has 176 valence electrons. The number of benzene rings is 2. The molecule has 33 heavy (non-hydrogen) atoms. The molecule has 0 aliphatic carbocycles. The third kappa shape index (κ3) is 7.04. The summed E-state index contributed by atoms with van der Waals surface area (Å²) in [6.45, 7) is 6.28. The van der Waals surface area contributed by atoms with E-state index >= 15 is 0 Å². The van der Waals surface area contributed by atoms with Crippen LogP contribution in [0.1, 0.15) is 36.1 Å². The van der Waals surface area contributed by atoms with Crippen LogP contribution in [0.25, 0.3) is 0 Å². The molecule has 4 rings (SSSR count). The lowest BCUT2D eigenvalue weighted by Gasteiger charge is -2.39. The van der Waals surface area contributed by atoms with E-state index in [1.165, 1.54) is 16.7 Å². The first-order valence-corrected chi connectivity index (χ1v) is 11.4. The fourth-order valence-corrected chi connectivity index (χ4v) is 4.22. The maximum atomic E-state index is 5.84. The van der Waals surface area contributed by atoms with Gasteiger partial charge in [-0.15, -0.1) is 24.0 Å². The number of nitrogens with one attached hydrogen (secondary N) is 1. The van der Waals surface area contributed by atoms with Crippen molar-refractivity contribution in [2.24, 2.45) is 10.9 Å². The van der Waals surface area contributed by atoms with E-state index in [4.69, 9.17) is 4.74 Å². The van der Waals surface area contributed by atoms with Crippen molar-refractivity contribution in [2.45, 2.75) is 39.1 Å². The molecule has 2 unspecified atom stereocenters. The van der Waals surface area contributed by atoms with E-state index in [9.17, 15) is 0 Å². The van der Waals surface area contributed by atoms with Crippen molar-refractivity contribution in [1.29, 1.82) is 0 Å². The molecule has 7 heteroatoms. The Hall–Kier alpha value is -2.39. The number of nitrogens with zero attached hydrogens (tertiary/aromatic N) is 4. The number of imidazole rings is 1. The van der Waals surface area contributed by atoms with Crippen LogP contribution < -0.4 is 5.32 Å². The van der Waals surface area contributed by atoms with Gasteiger partial charge in [-0.2, -0.15) is 0 Å². The summed E-state index contributed by atoms with van der Waals surface area (Å²) < 4.78 is 8.07. The summed E-state index contributed by atoms with van der Waals surface area (Å²) in [5.41, 5.74) is 3.61. The van der Waals surface area contributed by atoms with Crippen molar-refractivity contribution in [3.05, 3.63) is 90.0 Å². The highest BCUT2D eigenvalue weighted by molar-refractivity contribution is 14.0. The Labute approximate surface area is 214 Å². The fourth-order valence-electron chi connectivity index (χ4n) is 4.22. The third-order valence-corrected chi connectivity index (χ3v) is 6.19. The van der Waals surface area contributed by atoms with Gasteiger partial charge in [-0.05, 0) is 29.0 Å². The highest BCUT2D eigenvalue weighted by Crippen LogP contribution is 2.27. The van der Waals surface area contributed by atoms with Gasteiger partial charge in [-0.1, -0.05) is 61.5 Å². The van der Waals surface area contributed by atoms with Crippen LogP contribution in [-0.4, -0.2) is 40.5 Å². The second-order valence-corrected chi connectivity index (χ2v) is 8.48. The molecule has 1 N–H and O–H groups in total. The Morgan fingerprint density at radius 2 is 1.76 bits per heavy atom. The lowest BCUT2D eigenvalue weighted by atomic mass is 9.93. The maximum Gasteiger partial charge on any atom is 0.193 e. The molecule has 0 bridgehead atoms. The second-order valence-electron chi connectivity index (χ2n) is 8.48. The normalized spacial score (nSPS) is 18.6. The molecule has 0 spiro atoms. The number of aromatic nitrogens is 2. The van der Waals surface area contributed by atoms with E-state index in [0.29, 0.717) is 25.2 Å². The maximum absolute atomic E-state index is 5.84. The summed E-state index contributed by atoms with van der Waals surface area (Å²) in [7, 11) is 1.86. The van der Waals surface area contributed by atoms with Crippen molar-refractivity contribution in [1.82, 2.24) is 19.8 Å². The quantitative estimate of drug-likeness (QED) is 0.255. The van der Waals surface area contributed by atoms with Gasteiger partial charge in [0.1, 0.15) is 0 Å². The summed E-state index contributed by atoms with van der Waals surface area (Å²) in [4.78, 5) is 11.1. The monoisotopic (exact) mass is 559 g/mol. The number of ether oxygens (including phenoxy) is 1. The van der Waals surface area contributed by atoms with Crippen LogP contribution in [0.5, 0.6) is 0 Å². The van der Waals surface area contributed by atoms with E-state index in [1.54, 1.807) is 0 Å². The molecule has 6 nitrogen and oxygen atoms in total. The van der Waals surface area contributed by atoms with Crippen molar-refractivity contribution >= 4 is 29.9 Å². The Morgan fingerprint density at radius 3 is 2.42 bits per heavy atom. The van der Waals surface area contributed by atoms with Gasteiger partial charge >= 0.3 is 0 Å². The van der Waals surface area contributed by atoms with Crippen LogP contribution in [0.4, 0.5) is 0 Å². The van der Waals surface area contributed by atoms with Gasteiger partial charge in [0, 0.05) is 39.1 Å². The molecule has 1 saturated heterocycles. The average molecular weight is 559 g/mol. The first-order chi connectivity index (χ1) is 15.7. The van der Waals surface area contributed by atoms with E-state index in [0.717, 1.165) is 32.0 Å². The van der Waals surface area contributed by atoms with Gasteiger partial charge in [0.05, 0.1) is 25.6 Å². The zero-order valence-electron chi connectivity index (χ0n) is 19.4. The minimum Gasteiger partial charge on any atom is -0.372 e. The minimum atomic E-state index is 0. The van der Waals surface area contributed by atoms with Crippen LogP contribution in [0.15, 0.2) is 78.3 Å². The number of hydrogen-bond acceptors (Lipinski definition) is 3. The third-order valence-electron chi connectivity index (χ3n) is 6.19. The van der Waals surface area contributed by atoms with Gasteiger partial charge in [0.15, 0.2) is 5.96 Å². The molecule has 1 aliphatic heterocycles.